The number of benzene rings is 1. The van der Waals surface area contributed by atoms with Gasteiger partial charge in [0.25, 0.3) is 5.91 Å². The van der Waals surface area contributed by atoms with Crippen LogP contribution in [0.2, 0.25) is 0 Å². The molecule has 0 radical (unpaired) electrons. The summed E-state index contributed by atoms with van der Waals surface area (Å²) in [5.41, 5.74) is 0.459. The number of nitrogens with zero attached hydrogens (tertiary/aromatic N) is 1. The zero-order chi connectivity index (χ0) is 15.8. The zero-order valence-corrected chi connectivity index (χ0v) is 13.8. The van der Waals surface area contributed by atoms with E-state index in [2.05, 4.69) is 5.32 Å². The van der Waals surface area contributed by atoms with Gasteiger partial charge in [-0.25, -0.2) is 0 Å². The average Bonchev–Trinajstić information content (AvgIpc) is 2.51. The molecule has 0 aliphatic rings. The summed E-state index contributed by atoms with van der Waals surface area (Å²) in [6, 6.07) is 5.42. The van der Waals surface area contributed by atoms with Crippen LogP contribution in [-0.4, -0.2) is 50.2 Å². The lowest BCUT2D eigenvalue weighted by molar-refractivity contribution is -0.121. The highest BCUT2D eigenvalue weighted by molar-refractivity contribution is 7.98. The Labute approximate surface area is 130 Å². The molecule has 1 rings (SSSR count). The molecule has 6 heteroatoms. The highest BCUT2D eigenvalue weighted by atomic mass is 32.2. The smallest absolute Gasteiger partial charge is 0.257 e. The molecule has 0 aromatic heterocycles. The van der Waals surface area contributed by atoms with Crippen LogP contribution in [0.3, 0.4) is 0 Å². The molecule has 0 aliphatic carbocycles. The molecule has 21 heavy (non-hydrogen) atoms. The Balaban J connectivity index is 2.80. The number of hydrogen-bond acceptors (Lipinski definition) is 4. The maximum atomic E-state index is 12.4. The van der Waals surface area contributed by atoms with Crippen LogP contribution in [0.25, 0.3) is 0 Å². The van der Waals surface area contributed by atoms with Crippen molar-refractivity contribution in [3.63, 3.8) is 0 Å². The highest BCUT2D eigenvalue weighted by Gasteiger charge is 2.18. The van der Waals surface area contributed by atoms with Crippen LogP contribution in [0.5, 0.6) is 5.75 Å². The maximum absolute atomic E-state index is 12.4. The van der Waals surface area contributed by atoms with Crippen molar-refractivity contribution in [2.45, 2.75) is 18.2 Å². The second-order valence-corrected chi connectivity index (χ2v) is 5.46. The second kappa shape index (κ2) is 8.56. The van der Waals surface area contributed by atoms with E-state index in [0.717, 1.165) is 11.3 Å². The number of carbonyl (C=O) groups is 2. The average molecular weight is 310 g/mol. The Morgan fingerprint density at radius 1 is 1.38 bits per heavy atom. The van der Waals surface area contributed by atoms with Crippen molar-refractivity contribution < 1.29 is 14.3 Å². The van der Waals surface area contributed by atoms with E-state index in [4.69, 9.17) is 4.74 Å². The molecule has 0 heterocycles. The summed E-state index contributed by atoms with van der Waals surface area (Å²) in [4.78, 5) is 26.5. The second-order valence-electron chi connectivity index (χ2n) is 4.58. The maximum Gasteiger partial charge on any atom is 0.257 e. The van der Waals surface area contributed by atoms with Crippen LogP contribution in [0, 0.1) is 0 Å². The van der Waals surface area contributed by atoms with Gasteiger partial charge >= 0.3 is 0 Å². The van der Waals surface area contributed by atoms with Crippen molar-refractivity contribution in [2.24, 2.45) is 0 Å². The molecule has 0 aliphatic heterocycles. The molecule has 0 saturated heterocycles. The lowest BCUT2D eigenvalue weighted by Crippen LogP contribution is -2.38. The summed E-state index contributed by atoms with van der Waals surface area (Å²) in [5, 5.41) is 2.75. The van der Waals surface area contributed by atoms with E-state index in [9.17, 15) is 9.59 Å². The largest absolute Gasteiger partial charge is 0.496 e. The van der Waals surface area contributed by atoms with Crippen LogP contribution in [0.4, 0.5) is 0 Å². The van der Waals surface area contributed by atoms with Gasteiger partial charge in [0, 0.05) is 18.5 Å². The SMILES string of the molecule is CCCNC(=O)CN(C)C(=O)c1ccc(SC)cc1OC. The normalized spacial score (nSPS) is 10.1. The molecule has 1 aromatic rings. The Morgan fingerprint density at radius 3 is 2.67 bits per heavy atom. The number of methoxy groups -OCH3 is 1. The summed E-state index contributed by atoms with van der Waals surface area (Å²) in [5.74, 6) is 0.131. The van der Waals surface area contributed by atoms with Gasteiger partial charge in [-0.1, -0.05) is 6.92 Å². The number of hydrogen-bond donors (Lipinski definition) is 1. The van der Waals surface area contributed by atoms with Gasteiger partial charge < -0.3 is 15.0 Å². The van der Waals surface area contributed by atoms with Crippen LogP contribution in [-0.2, 0) is 4.79 Å². The number of ether oxygens (including phenoxy) is 1. The van der Waals surface area contributed by atoms with Crippen molar-refractivity contribution in [1.29, 1.82) is 0 Å². The van der Waals surface area contributed by atoms with Gasteiger partial charge in [-0.2, -0.15) is 0 Å². The molecule has 0 atom stereocenters. The Morgan fingerprint density at radius 2 is 2.10 bits per heavy atom. The predicted molar refractivity (Wildman–Crippen MR) is 85.0 cm³/mol. The minimum absolute atomic E-state index is 0.0340. The third kappa shape index (κ3) is 4.97. The van der Waals surface area contributed by atoms with E-state index < -0.39 is 0 Å². The van der Waals surface area contributed by atoms with Crippen molar-refractivity contribution in [3.05, 3.63) is 23.8 Å². The van der Waals surface area contributed by atoms with Crippen LogP contribution in [0.1, 0.15) is 23.7 Å². The predicted octanol–water partition coefficient (Wildman–Crippen LogP) is 2.02. The first-order valence-electron chi connectivity index (χ1n) is 6.77. The quantitative estimate of drug-likeness (QED) is 0.783. The van der Waals surface area contributed by atoms with Crippen molar-refractivity contribution in [1.82, 2.24) is 10.2 Å². The standard InChI is InChI=1S/C15H22N2O3S/c1-5-8-16-14(18)10-17(2)15(19)12-7-6-11(21-4)9-13(12)20-3/h6-7,9H,5,8,10H2,1-4H3,(H,16,18). The van der Waals surface area contributed by atoms with Crippen molar-refractivity contribution >= 4 is 23.6 Å². The third-order valence-corrected chi connectivity index (χ3v) is 3.66. The summed E-state index contributed by atoms with van der Waals surface area (Å²) < 4.78 is 5.27. The number of likely N-dealkylation sites (N-methyl/N-ethyl adjacent to an activating group) is 1. The van der Waals surface area contributed by atoms with Gasteiger partial charge in [0.2, 0.25) is 5.91 Å². The van der Waals surface area contributed by atoms with E-state index in [1.54, 1.807) is 24.9 Å². The summed E-state index contributed by atoms with van der Waals surface area (Å²) in [6.07, 6.45) is 2.83. The van der Waals surface area contributed by atoms with Crippen molar-refractivity contribution in [3.8, 4) is 5.75 Å². The monoisotopic (exact) mass is 310 g/mol. The van der Waals surface area contributed by atoms with E-state index in [0.29, 0.717) is 17.9 Å². The Bertz CT molecular complexity index is 506. The number of thioether (sulfide) groups is 1. The van der Waals surface area contributed by atoms with E-state index in [-0.39, 0.29) is 18.4 Å². The first kappa shape index (κ1) is 17.4. The lowest BCUT2D eigenvalue weighted by Gasteiger charge is -2.18. The number of carbonyl (C=O) groups excluding carboxylic acids is 2. The fraction of sp³-hybridized carbons (Fsp3) is 0.467. The summed E-state index contributed by atoms with van der Waals surface area (Å²) in [6.45, 7) is 2.63. The van der Waals surface area contributed by atoms with Gasteiger partial charge in [0.05, 0.1) is 19.2 Å². The fourth-order valence-electron chi connectivity index (χ4n) is 1.79. The molecular formula is C15H22N2O3S. The molecule has 116 valence electrons. The third-order valence-electron chi connectivity index (χ3n) is 2.94. The molecule has 2 amide bonds. The molecule has 0 saturated carbocycles. The molecule has 1 N–H and O–H groups in total. The van der Waals surface area contributed by atoms with E-state index in [1.807, 2.05) is 25.3 Å². The van der Waals surface area contributed by atoms with Crippen LogP contribution >= 0.6 is 11.8 Å². The summed E-state index contributed by atoms with van der Waals surface area (Å²) in [7, 11) is 3.14. The van der Waals surface area contributed by atoms with Gasteiger partial charge in [-0.3, -0.25) is 9.59 Å². The Kier molecular flexibility index (Phi) is 7.08. The van der Waals surface area contributed by atoms with Crippen LogP contribution < -0.4 is 10.1 Å². The first-order valence-corrected chi connectivity index (χ1v) is 8.00. The molecule has 5 nitrogen and oxygen atoms in total. The number of nitrogens with one attached hydrogen (secondary N) is 1. The van der Waals surface area contributed by atoms with Gasteiger partial charge in [-0.15, -0.1) is 11.8 Å². The zero-order valence-electron chi connectivity index (χ0n) is 12.9. The minimum Gasteiger partial charge on any atom is -0.496 e. The Hall–Kier alpha value is -1.69. The fourth-order valence-corrected chi connectivity index (χ4v) is 2.22. The molecule has 1 aromatic carbocycles. The van der Waals surface area contributed by atoms with Crippen molar-refractivity contribution in [2.75, 3.05) is 33.5 Å². The number of amides is 2. The van der Waals surface area contributed by atoms with Gasteiger partial charge in [0.15, 0.2) is 0 Å². The molecule has 0 unspecified atom stereocenters. The summed E-state index contributed by atoms with van der Waals surface area (Å²) >= 11 is 1.58. The molecule has 0 fully saturated rings. The van der Waals surface area contributed by atoms with E-state index >= 15 is 0 Å². The van der Waals surface area contributed by atoms with Crippen LogP contribution in [0.15, 0.2) is 23.1 Å². The lowest BCUT2D eigenvalue weighted by atomic mass is 10.1. The topological polar surface area (TPSA) is 58.6 Å². The highest BCUT2D eigenvalue weighted by Crippen LogP contribution is 2.26. The molecular weight excluding hydrogens is 288 g/mol. The number of rotatable bonds is 7. The molecule has 0 spiro atoms. The first-order chi connectivity index (χ1) is 10.0. The molecule has 0 bridgehead atoms. The van der Waals surface area contributed by atoms with Gasteiger partial charge in [-0.05, 0) is 30.9 Å². The van der Waals surface area contributed by atoms with E-state index in [1.165, 1.54) is 12.0 Å². The van der Waals surface area contributed by atoms with Gasteiger partial charge in [0.1, 0.15) is 5.75 Å². The minimum atomic E-state index is -0.230.